The number of rotatable bonds is 6. The van der Waals surface area contributed by atoms with Gasteiger partial charge in [-0.3, -0.25) is 14.5 Å². The van der Waals surface area contributed by atoms with Crippen LogP contribution in [0.25, 0.3) is 0 Å². The van der Waals surface area contributed by atoms with Gasteiger partial charge in [0.2, 0.25) is 5.91 Å². The Kier molecular flexibility index (Phi) is 6.19. The topological polar surface area (TPSA) is 49.4 Å². The van der Waals surface area contributed by atoms with E-state index in [1.54, 1.807) is 28.8 Å². The maximum atomic E-state index is 13.2. The van der Waals surface area contributed by atoms with Gasteiger partial charge >= 0.3 is 0 Å². The number of hydrogen-bond acceptors (Lipinski definition) is 3. The number of anilines is 1. The Morgan fingerprint density at radius 1 is 0.967 bits per heavy atom. The summed E-state index contributed by atoms with van der Waals surface area (Å²) in [6, 6.07) is 24.7. The van der Waals surface area contributed by atoms with Crippen LogP contribution in [0.2, 0.25) is 0 Å². The highest BCUT2D eigenvalue weighted by Crippen LogP contribution is 2.33. The minimum Gasteiger partial charge on any atom is -0.354 e. The molecule has 4 nitrogen and oxygen atoms in total. The molecule has 0 fully saturated rings. The molecular weight excluding hydrogens is 392 g/mol. The largest absolute Gasteiger partial charge is 0.354 e. The minimum absolute atomic E-state index is 0.115. The van der Waals surface area contributed by atoms with Crippen molar-refractivity contribution in [2.24, 2.45) is 0 Å². The summed E-state index contributed by atoms with van der Waals surface area (Å²) in [4.78, 5) is 29.1. The standard InChI is InChI=1S/C25H24N2O2S/c1-30-21-13-11-18(12-14-21)15-16-26-24(28)23-17-20-9-5-6-10-22(20)27(23)25(29)19-7-3-2-4-8-19/h2-14,23H,15-17H2,1H3,(H,26,28)/t23-/m1/s1. The van der Waals surface area contributed by atoms with E-state index in [0.29, 0.717) is 18.5 Å². The molecule has 0 saturated carbocycles. The number of carbonyl (C=O) groups excluding carboxylic acids is 2. The molecule has 1 heterocycles. The van der Waals surface area contributed by atoms with E-state index >= 15 is 0 Å². The van der Waals surface area contributed by atoms with Crippen LogP contribution in [-0.4, -0.2) is 30.7 Å². The van der Waals surface area contributed by atoms with Gasteiger partial charge in [0.05, 0.1) is 0 Å². The second-order valence-corrected chi connectivity index (χ2v) is 8.16. The van der Waals surface area contributed by atoms with E-state index in [1.165, 1.54) is 10.5 Å². The number of carbonyl (C=O) groups is 2. The first-order chi connectivity index (χ1) is 14.7. The first kappa shape index (κ1) is 20.2. The monoisotopic (exact) mass is 416 g/mol. The fourth-order valence-electron chi connectivity index (χ4n) is 3.81. The number of nitrogens with zero attached hydrogens (tertiary/aromatic N) is 1. The molecule has 0 bridgehead atoms. The average Bonchev–Trinajstić information content (AvgIpc) is 3.19. The average molecular weight is 417 g/mol. The van der Waals surface area contributed by atoms with Crippen molar-refractivity contribution in [3.8, 4) is 0 Å². The zero-order chi connectivity index (χ0) is 20.9. The van der Waals surface area contributed by atoms with Crippen LogP contribution in [0.5, 0.6) is 0 Å². The van der Waals surface area contributed by atoms with Crippen LogP contribution in [0.15, 0.2) is 83.8 Å². The SMILES string of the molecule is CSc1ccc(CCNC(=O)[C@H]2Cc3ccccc3N2C(=O)c2ccccc2)cc1. The zero-order valence-electron chi connectivity index (χ0n) is 16.9. The third kappa shape index (κ3) is 4.26. The Balaban J connectivity index is 1.47. The van der Waals surface area contributed by atoms with Gasteiger partial charge in [-0.15, -0.1) is 11.8 Å². The van der Waals surface area contributed by atoms with E-state index in [2.05, 4.69) is 35.8 Å². The summed E-state index contributed by atoms with van der Waals surface area (Å²) >= 11 is 1.71. The van der Waals surface area contributed by atoms with Crippen LogP contribution in [0, 0.1) is 0 Å². The highest BCUT2D eigenvalue weighted by molar-refractivity contribution is 7.98. The van der Waals surface area contributed by atoms with Crippen molar-refractivity contribution >= 4 is 29.3 Å². The summed E-state index contributed by atoms with van der Waals surface area (Å²) in [6.07, 6.45) is 3.34. The number of benzene rings is 3. The van der Waals surface area contributed by atoms with Crippen molar-refractivity contribution in [3.05, 3.63) is 95.6 Å². The van der Waals surface area contributed by atoms with Crippen molar-refractivity contribution in [2.45, 2.75) is 23.8 Å². The van der Waals surface area contributed by atoms with Gasteiger partial charge in [0.25, 0.3) is 5.91 Å². The van der Waals surface area contributed by atoms with Crippen molar-refractivity contribution in [1.82, 2.24) is 5.32 Å². The van der Waals surface area contributed by atoms with Gasteiger partial charge in [0.15, 0.2) is 0 Å². The van der Waals surface area contributed by atoms with E-state index in [9.17, 15) is 9.59 Å². The number of nitrogens with one attached hydrogen (secondary N) is 1. The predicted octanol–water partition coefficient (Wildman–Crippen LogP) is 4.34. The van der Waals surface area contributed by atoms with Crippen LogP contribution in [0.3, 0.4) is 0 Å². The van der Waals surface area contributed by atoms with Crippen LogP contribution >= 0.6 is 11.8 Å². The first-order valence-corrected chi connectivity index (χ1v) is 11.3. The Labute approximate surface area is 181 Å². The molecule has 0 unspecified atom stereocenters. The van der Waals surface area contributed by atoms with Crippen molar-refractivity contribution in [2.75, 3.05) is 17.7 Å². The van der Waals surface area contributed by atoms with Gasteiger partial charge in [0.1, 0.15) is 6.04 Å². The first-order valence-electron chi connectivity index (χ1n) is 10.0. The minimum atomic E-state index is -0.533. The molecule has 0 spiro atoms. The van der Waals surface area contributed by atoms with Crippen molar-refractivity contribution in [1.29, 1.82) is 0 Å². The molecule has 2 amide bonds. The molecule has 0 aliphatic carbocycles. The fraction of sp³-hybridized carbons (Fsp3) is 0.200. The lowest BCUT2D eigenvalue weighted by atomic mass is 10.1. The number of hydrogen-bond donors (Lipinski definition) is 1. The maximum Gasteiger partial charge on any atom is 0.259 e. The maximum absolute atomic E-state index is 13.2. The molecule has 1 N–H and O–H groups in total. The molecule has 30 heavy (non-hydrogen) atoms. The summed E-state index contributed by atoms with van der Waals surface area (Å²) in [7, 11) is 0. The molecule has 0 radical (unpaired) electrons. The Morgan fingerprint density at radius 3 is 2.40 bits per heavy atom. The summed E-state index contributed by atoms with van der Waals surface area (Å²) < 4.78 is 0. The summed E-state index contributed by atoms with van der Waals surface area (Å²) in [5, 5.41) is 3.03. The number of fused-ring (bicyclic) bond motifs is 1. The summed E-state index contributed by atoms with van der Waals surface area (Å²) in [5.41, 5.74) is 3.61. The second-order valence-electron chi connectivity index (χ2n) is 7.28. The smallest absolute Gasteiger partial charge is 0.259 e. The van der Waals surface area contributed by atoms with Crippen LogP contribution in [-0.2, 0) is 17.6 Å². The number of amides is 2. The molecule has 3 aromatic carbocycles. The zero-order valence-corrected chi connectivity index (χ0v) is 17.7. The highest BCUT2D eigenvalue weighted by atomic mass is 32.2. The lowest BCUT2D eigenvalue weighted by molar-refractivity contribution is -0.122. The fourth-order valence-corrected chi connectivity index (χ4v) is 4.21. The number of para-hydroxylation sites is 1. The quantitative estimate of drug-likeness (QED) is 0.608. The third-order valence-corrected chi connectivity index (χ3v) is 6.13. The molecule has 1 aliphatic rings. The molecule has 152 valence electrons. The van der Waals surface area contributed by atoms with E-state index in [-0.39, 0.29) is 11.8 Å². The van der Waals surface area contributed by atoms with E-state index < -0.39 is 6.04 Å². The van der Waals surface area contributed by atoms with Crippen molar-refractivity contribution < 1.29 is 9.59 Å². The van der Waals surface area contributed by atoms with Gasteiger partial charge in [0, 0.05) is 29.1 Å². The predicted molar refractivity (Wildman–Crippen MR) is 122 cm³/mol. The summed E-state index contributed by atoms with van der Waals surface area (Å²) in [6.45, 7) is 0.539. The lowest BCUT2D eigenvalue weighted by Crippen LogP contribution is -2.48. The second kappa shape index (κ2) is 9.18. The highest BCUT2D eigenvalue weighted by Gasteiger charge is 2.38. The Hall–Kier alpha value is -3.05. The van der Waals surface area contributed by atoms with E-state index in [4.69, 9.17) is 0 Å². The molecule has 3 aromatic rings. The van der Waals surface area contributed by atoms with Gasteiger partial charge in [-0.05, 0) is 54.1 Å². The lowest BCUT2D eigenvalue weighted by Gasteiger charge is -2.25. The van der Waals surface area contributed by atoms with Gasteiger partial charge in [-0.1, -0.05) is 48.5 Å². The molecule has 0 saturated heterocycles. The molecule has 4 rings (SSSR count). The summed E-state index contributed by atoms with van der Waals surface area (Å²) in [5.74, 6) is -0.260. The van der Waals surface area contributed by atoms with Gasteiger partial charge in [-0.25, -0.2) is 0 Å². The van der Waals surface area contributed by atoms with Crippen LogP contribution in [0.1, 0.15) is 21.5 Å². The number of thioether (sulfide) groups is 1. The van der Waals surface area contributed by atoms with Crippen molar-refractivity contribution in [3.63, 3.8) is 0 Å². The van der Waals surface area contributed by atoms with Crippen LogP contribution in [0.4, 0.5) is 5.69 Å². The Morgan fingerprint density at radius 2 is 1.67 bits per heavy atom. The molecule has 0 aromatic heterocycles. The van der Waals surface area contributed by atoms with Crippen LogP contribution < -0.4 is 10.2 Å². The van der Waals surface area contributed by atoms with E-state index in [0.717, 1.165) is 17.7 Å². The molecular formula is C25H24N2O2S. The molecule has 1 aliphatic heterocycles. The Bertz CT molecular complexity index is 1030. The van der Waals surface area contributed by atoms with Gasteiger partial charge < -0.3 is 5.32 Å². The van der Waals surface area contributed by atoms with E-state index in [1.807, 2.05) is 42.5 Å². The molecule has 1 atom stereocenters. The normalized spacial score (nSPS) is 15.0. The van der Waals surface area contributed by atoms with Gasteiger partial charge in [-0.2, -0.15) is 0 Å². The third-order valence-electron chi connectivity index (χ3n) is 5.39. The molecule has 5 heteroatoms.